The van der Waals surface area contributed by atoms with Gasteiger partial charge in [-0.3, -0.25) is 14.8 Å². The number of aromatic nitrogens is 4. The molecule has 184 valence electrons. The molecule has 1 atom stereocenters. The van der Waals surface area contributed by atoms with E-state index in [1.54, 1.807) is 25.4 Å². The zero-order chi connectivity index (χ0) is 25.6. The van der Waals surface area contributed by atoms with Crippen LogP contribution in [0.4, 0.5) is 24.7 Å². The van der Waals surface area contributed by atoms with E-state index in [0.717, 1.165) is 52.2 Å². The summed E-state index contributed by atoms with van der Waals surface area (Å²) >= 11 is 0. The fraction of sp³-hybridized carbons (Fsp3) is 0.240. The Kier molecular flexibility index (Phi) is 5.70. The number of nitrogens with zero attached hydrogens (tertiary/aromatic N) is 5. The molecule has 36 heavy (non-hydrogen) atoms. The Morgan fingerprint density at radius 2 is 1.97 bits per heavy atom. The van der Waals surface area contributed by atoms with Gasteiger partial charge >= 0.3 is 6.18 Å². The summed E-state index contributed by atoms with van der Waals surface area (Å²) in [5.74, 6) is 0.908. The number of pyridine rings is 2. The second-order valence-electron chi connectivity index (χ2n) is 8.65. The molecule has 0 aliphatic carbocycles. The van der Waals surface area contributed by atoms with Crippen molar-refractivity contribution in [1.82, 2.24) is 19.5 Å². The highest BCUT2D eigenvalue weighted by molar-refractivity contribution is 6.03. The van der Waals surface area contributed by atoms with Crippen molar-refractivity contribution >= 4 is 17.4 Å². The quantitative estimate of drug-likeness (QED) is 0.442. The van der Waals surface area contributed by atoms with Crippen LogP contribution < -0.4 is 16.3 Å². The van der Waals surface area contributed by atoms with Gasteiger partial charge in [-0.05, 0) is 55.3 Å². The number of aryl methyl sites for hydroxylation is 1. The molecule has 2 aromatic rings. The van der Waals surface area contributed by atoms with E-state index >= 15 is 0 Å². The minimum Gasteiger partial charge on any atom is -0.367 e. The zero-order valence-electron chi connectivity index (χ0n) is 19.7. The molecule has 0 bridgehead atoms. The van der Waals surface area contributed by atoms with Gasteiger partial charge in [-0.2, -0.15) is 18.2 Å². The lowest BCUT2D eigenvalue weighted by molar-refractivity contribution is -0.137. The fourth-order valence-electron chi connectivity index (χ4n) is 4.28. The molecule has 11 heteroatoms. The Labute approximate surface area is 204 Å². The first-order valence-corrected chi connectivity index (χ1v) is 11.2. The second-order valence-corrected chi connectivity index (χ2v) is 8.65. The van der Waals surface area contributed by atoms with Crippen LogP contribution in [0.5, 0.6) is 0 Å². The SMILES string of the molecule is CN=c1ncc2cc(-c3cc(NC(=O)c4cc(C(F)(F)F)ccn4)ccc3C)c3n(c-2n1)C[C@@H](C)N3. The smallest absolute Gasteiger partial charge is 0.367 e. The van der Waals surface area contributed by atoms with E-state index in [1.165, 1.54) is 0 Å². The molecule has 3 aliphatic rings. The van der Waals surface area contributed by atoms with E-state index in [9.17, 15) is 18.0 Å². The van der Waals surface area contributed by atoms with Gasteiger partial charge in [-0.15, -0.1) is 0 Å². The standard InChI is InChI=1S/C25H22F3N7O/c1-13-4-5-17(33-23(36)20-9-16(6-7-30-20)25(26,27)28)10-18(13)19-8-15-11-31-24(29-3)34-21(15)35-12-14(2)32-22(19)35/h4-11,14,32H,12H2,1-3H3,(H,33,36)/t14-/m1/s1. The zero-order valence-corrected chi connectivity index (χ0v) is 19.7. The number of benzene rings is 1. The maximum absolute atomic E-state index is 13.1. The van der Waals surface area contributed by atoms with E-state index in [2.05, 4.69) is 42.1 Å². The van der Waals surface area contributed by atoms with Crippen molar-refractivity contribution in [3.8, 4) is 22.5 Å². The van der Waals surface area contributed by atoms with Crippen LogP contribution in [0.25, 0.3) is 22.5 Å². The summed E-state index contributed by atoms with van der Waals surface area (Å²) in [5, 5.41) is 6.17. The Bertz CT molecular complexity index is 1530. The minimum atomic E-state index is -4.57. The van der Waals surface area contributed by atoms with E-state index < -0.39 is 17.6 Å². The van der Waals surface area contributed by atoms with Gasteiger partial charge in [0.1, 0.15) is 17.3 Å². The number of amides is 1. The first-order valence-electron chi connectivity index (χ1n) is 11.2. The van der Waals surface area contributed by atoms with Crippen LogP contribution in [0, 0.1) is 6.92 Å². The summed E-state index contributed by atoms with van der Waals surface area (Å²) in [6, 6.07) is 9.06. The van der Waals surface area contributed by atoms with Crippen molar-refractivity contribution in [3.63, 3.8) is 0 Å². The summed E-state index contributed by atoms with van der Waals surface area (Å²) in [4.78, 5) is 29.5. The molecular weight excluding hydrogens is 471 g/mol. The second kappa shape index (κ2) is 8.74. The molecule has 0 unspecified atom stereocenters. The van der Waals surface area contributed by atoms with Crippen molar-refractivity contribution in [3.05, 3.63) is 71.2 Å². The van der Waals surface area contributed by atoms with Gasteiger partial charge in [-0.25, -0.2) is 4.98 Å². The highest BCUT2D eigenvalue weighted by atomic mass is 19.4. The molecule has 0 radical (unpaired) electrons. The fourth-order valence-corrected chi connectivity index (χ4v) is 4.28. The molecule has 4 heterocycles. The highest BCUT2D eigenvalue weighted by Gasteiger charge is 2.31. The third kappa shape index (κ3) is 4.28. The molecule has 1 aromatic carbocycles. The van der Waals surface area contributed by atoms with E-state index in [-0.39, 0.29) is 11.7 Å². The van der Waals surface area contributed by atoms with Crippen LogP contribution in [-0.2, 0) is 12.7 Å². The number of anilines is 2. The first kappa shape index (κ1) is 23.5. The molecule has 1 amide bonds. The van der Waals surface area contributed by atoms with E-state index in [0.29, 0.717) is 17.9 Å². The Morgan fingerprint density at radius 3 is 2.72 bits per heavy atom. The lowest BCUT2D eigenvalue weighted by Gasteiger charge is -2.19. The van der Waals surface area contributed by atoms with Gasteiger partial charge in [0.15, 0.2) is 0 Å². The Balaban J connectivity index is 1.55. The van der Waals surface area contributed by atoms with Crippen molar-refractivity contribution in [2.75, 3.05) is 17.7 Å². The molecule has 5 rings (SSSR count). The van der Waals surface area contributed by atoms with E-state index in [1.807, 2.05) is 19.1 Å². The molecule has 2 N–H and O–H groups in total. The third-order valence-electron chi connectivity index (χ3n) is 6.01. The molecule has 1 aromatic heterocycles. The number of hydrogen-bond donors (Lipinski definition) is 2. The van der Waals surface area contributed by atoms with Crippen LogP contribution in [0.3, 0.4) is 0 Å². The molecule has 0 saturated heterocycles. The van der Waals surface area contributed by atoms with Crippen molar-refractivity contribution < 1.29 is 18.0 Å². The average Bonchev–Trinajstić information content (AvgIpc) is 3.25. The number of alkyl halides is 3. The summed E-state index contributed by atoms with van der Waals surface area (Å²) in [6.45, 7) is 4.72. The number of halogens is 3. The van der Waals surface area contributed by atoms with Gasteiger partial charge < -0.3 is 15.2 Å². The third-order valence-corrected chi connectivity index (χ3v) is 6.01. The van der Waals surface area contributed by atoms with Gasteiger partial charge in [0.05, 0.1) is 5.56 Å². The monoisotopic (exact) mass is 493 g/mol. The molecule has 8 nitrogen and oxygen atoms in total. The lowest BCUT2D eigenvalue weighted by atomic mass is 9.98. The maximum Gasteiger partial charge on any atom is 0.416 e. The van der Waals surface area contributed by atoms with E-state index in [4.69, 9.17) is 0 Å². The molecule has 0 spiro atoms. The van der Waals surface area contributed by atoms with Crippen molar-refractivity contribution in [1.29, 1.82) is 0 Å². The van der Waals surface area contributed by atoms with Crippen molar-refractivity contribution in [2.24, 2.45) is 4.99 Å². The van der Waals surface area contributed by atoms with Crippen LogP contribution >= 0.6 is 0 Å². The number of nitrogens with one attached hydrogen (secondary N) is 2. The Morgan fingerprint density at radius 1 is 1.17 bits per heavy atom. The van der Waals surface area contributed by atoms with Crippen LogP contribution in [0.2, 0.25) is 0 Å². The predicted octanol–water partition coefficient (Wildman–Crippen LogP) is 4.37. The normalized spacial score (nSPS) is 15.6. The molecule has 0 saturated carbocycles. The highest BCUT2D eigenvalue weighted by Crippen LogP contribution is 2.40. The summed E-state index contributed by atoms with van der Waals surface area (Å²) in [5.41, 5.74) is 3.10. The van der Waals surface area contributed by atoms with Crippen molar-refractivity contribution in [2.45, 2.75) is 32.6 Å². The van der Waals surface area contributed by atoms with Crippen LogP contribution in [0.15, 0.2) is 53.8 Å². The average molecular weight is 493 g/mol. The van der Waals surface area contributed by atoms with Gasteiger partial charge in [0, 0.05) is 48.8 Å². The minimum absolute atomic E-state index is 0.168. The number of hydrogen-bond acceptors (Lipinski definition) is 6. The van der Waals surface area contributed by atoms with Crippen LogP contribution in [-0.4, -0.2) is 38.5 Å². The first-order chi connectivity index (χ1) is 17.1. The molecular formula is C25H22F3N7O. The van der Waals surface area contributed by atoms with Crippen LogP contribution in [0.1, 0.15) is 28.5 Å². The molecule has 3 aliphatic heterocycles. The summed E-state index contributed by atoms with van der Waals surface area (Å²) < 4.78 is 41.2. The number of carbonyl (C=O) groups is 1. The number of carbonyl (C=O) groups excluding carboxylic acids is 1. The number of rotatable bonds is 3. The van der Waals surface area contributed by atoms with Gasteiger partial charge in [-0.1, -0.05) is 6.07 Å². The topological polar surface area (TPSA) is 97.1 Å². The lowest BCUT2D eigenvalue weighted by Crippen LogP contribution is -2.18. The predicted molar refractivity (Wildman–Crippen MR) is 129 cm³/mol. The summed E-state index contributed by atoms with van der Waals surface area (Å²) in [7, 11) is 1.64. The largest absolute Gasteiger partial charge is 0.416 e. The maximum atomic E-state index is 13.1. The van der Waals surface area contributed by atoms with Gasteiger partial charge in [0.25, 0.3) is 5.91 Å². The Hall–Kier alpha value is -4.28. The summed E-state index contributed by atoms with van der Waals surface area (Å²) in [6.07, 6.45) is -1.87. The van der Waals surface area contributed by atoms with Gasteiger partial charge in [0.2, 0.25) is 5.62 Å². The number of fused-ring (bicyclic) bond motifs is 3. The molecule has 0 fully saturated rings.